The van der Waals surface area contributed by atoms with E-state index in [1.54, 1.807) is 35.2 Å². The van der Waals surface area contributed by atoms with Gasteiger partial charge < -0.3 is 14.5 Å². The fourth-order valence-electron chi connectivity index (χ4n) is 6.70. The summed E-state index contributed by atoms with van der Waals surface area (Å²) in [7, 11) is 0. The van der Waals surface area contributed by atoms with E-state index in [-0.39, 0.29) is 47.6 Å². The van der Waals surface area contributed by atoms with Crippen molar-refractivity contribution in [3.8, 4) is 5.75 Å². The first-order valence-corrected chi connectivity index (χ1v) is 16.4. The van der Waals surface area contributed by atoms with Crippen LogP contribution in [-0.2, 0) is 4.79 Å². The van der Waals surface area contributed by atoms with E-state index in [0.29, 0.717) is 44.2 Å². The molecule has 0 spiro atoms. The van der Waals surface area contributed by atoms with Crippen LogP contribution in [-0.4, -0.2) is 47.6 Å². The number of carbonyl (C=O) groups excluding carboxylic acids is 3. The monoisotopic (exact) mass is 673 g/mol. The Balaban J connectivity index is 1.25. The van der Waals surface area contributed by atoms with Crippen LogP contribution in [0.5, 0.6) is 5.75 Å². The lowest BCUT2D eigenvalue weighted by atomic mass is 9.95. The number of benzene rings is 4. The Kier molecular flexibility index (Phi) is 7.67. The summed E-state index contributed by atoms with van der Waals surface area (Å²) in [4.78, 5) is 55.3. The van der Waals surface area contributed by atoms with Crippen molar-refractivity contribution in [2.75, 3.05) is 34.6 Å². The van der Waals surface area contributed by atoms with Crippen LogP contribution in [0.15, 0.2) is 72.8 Å². The second-order valence-electron chi connectivity index (χ2n) is 11.3. The molecule has 0 aliphatic carbocycles. The number of ether oxygens (including phenoxy) is 1. The zero-order chi connectivity index (χ0) is 32.3. The maximum absolute atomic E-state index is 14.0. The van der Waals surface area contributed by atoms with Gasteiger partial charge in [-0.05, 0) is 40.1 Å². The molecule has 2 aliphatic rings. The normalized spacial score (nSPS) is 16.9. The molecule has 0 bridgehead atoms. The number of amides is 2. The SMILES string of the molecule is CC(=O)Oc1cc2c(c3ccccc13)[C@H](CCl)CN2C(=O)c1ccc(C(=O)N2C[C@@H](CCl)c3c2cc([N+](=O)[O-])c2ccccc32)s1. The summed E-state index contributed by atoms with van der Waals surface area (Å²) < 4.78 is 5.54. The molecule has 12 heteroatoms. The summed E-state index contributed by atoms with van der Waals surface area (Å²) in [6.07, 6.45) is 0. The second-order valence-corrected chi connectivity index (χ2v) is 13.0. The summed E-state index contributed by atoms with van der Waals surface area (Å²) >= 11 is 13.8. The van der Waals surface area contributed by atoms with Gasteiger partial charge in [-0.3, -0.25) is 24.5 Å². The van der Waals surface area contributed by atoms with E-state index < -0.39 is 10.9 Å². The number of halogens is 2. The van der Waals surface area contributed by atoms with Crippen LogP contribution < -0.4 is 14.5 Å². The van der Waals surface area contributed by atoms with Crippen molar-refractivity contribution in [2.45, 2.75) is 18.8 Å². The lowest BCUT2D eigenvalue weighted by Gasteiger charge is -2.19. The number of fused-ring (bicyclic) bond motifs is 6. The fraction of sp³-hybridized carbons (Fsp3) is 0.206. The van der Waals surface area contributed by atoms with Crippen molar-refractivity contribution >= 4 is 90.9 Å². The van der Waals surface area contributed by atoms with Crippen molar-refractivity contribution in [3.63, 3.8) is 0 Å². The van der Waals surface area contributed by atoms with Crippen LogP contribution in [0.1, 0.15) is 49.2 Å². The molecule has 4 aromatic carbocycles. The van der Waals surface area contributed by atoms with Crippen molar-refractivity contribution in [3.05, 3.63) is 104 Å². The molecule has 0 unspecified atom stereocenters. The fourth-order valence-corrected chi connectivity index (χ4v) is 8.11. The van der Waals surface area contributed by atoms with E-state index in [4.69, 9.17) is 27.9 Å². The lowest BCUT2D eigenvalue weighted by molar-refractivity contribution is -0.383. The quantitative estimate of drug-likeness (QED) is 0.0597. The Morgan fingerprint density at radius 3 is 1.78 bits per heavy atom. The molecule has 2 aliphatic heterocycles. The average molecular weight is 675 g/mol. The minimum absolute atomic E-state index is 0.0911. The Hall–Kier alpha value is -4.51. The summed E-state index contributed by atoms with van der Waals surface area (Å²) in [6.45, 7) is 1.90. The van der Waals surface area contributed by atoms with Crippen molar-refractivity contribution in [2.24, 2.45) is 0 Å². The topological polar surface area (TPSA) is 110 Å². The zero-order valence-corrected chi connectivity index (χ0v) is 26.7. The Bertz CT molecular complexity index is 2110. The smallest absolute Gasteiger partial charge is 0.308 e. The Labute approximate surface area is 277 Å². The number of anilines is 2. The molecule has 0 fully saturated rings. The number of nitrogens with zero attached hydrogens (tertiary/aromatic N) is 3. The van der Waals surface area contributed by atoms with Crippen LogP contribution in [0.25, 0.3) is 21.5 Å². The number of hydrogen-bond acceptors (Lipinski definition) is 7. The van der Waals surface area contributed by atoms with E-state index in [1.165, 1.54) is 17.9 Å². The van der Waals surface area contributed by atoms with Gasteiger partial charge in [-0.1, -0.05) is 42.5 Å². The van der Waals surface area contributed by atoms with Gasteiger partial charge in [0.1, 0.15) is 5.75 Å². The summed E-state index contributed by atoms with van der Waals surface area (Å²) in [6, 6.07) is 21.0. The molecule has 3 heterocycles. The standard InChI is InChI=1S/C34H25Cl2N3O6S/c1-18(40)45-28-13-27-32(24-9-5-3-7-22(24)28)20(15-36)17-38(27)34(42)30-11-10-29(46-30)33(41)37-16-19(14-35)31-23-8-4-2-6-21(23)25(39(43)44)12-26(31)37/h2-13,19-20H,14-17H2,1H3/t19-,20-/m1/s1. The Morgan fingerprint density at radius 1 is 0.804 bits per heavy atom. The third-order valence-electron chi connectivity index (χ3n) is 8.61. The van der Waals surface area contributed by atoms with Crippen LogP contribution in [0.3, 0.4) is 0 Å². The molecule has 46 heavy (non-hydrogen) atoms. The van der Waals surface area contributed by atoms with Crippen molar-refractivity contribution < 1.29 is 24.0 Å². The summed E-state index contributed by atoms with van der Waals surface area (Å²) in [5, 5.41) is 14.8. The van der Waals surface area contributed by atoms with Crippen LogP contribution in [0.4, 0.5) is 17.1 Å². The van der Waals surface area contributed by atoms with E-state index in [0.717, 1.165) is 33.2 Å². The van der Waals surface area contributed by atoms with E-state index in [2.05, 4.69) is 0 Å². The van der Waals surface area contributed by atoms with Gasteiger partial charge in [0, 0.05) is 61.1 Å². The highest BCUT2D eigenvalue weighted by molar-refractivity contribution is 7.16. The number of hydrogen-bond donors (Lipinski definition) is 0. The first-order chi connectivity index (χ1) is 22.2. The number of rotatable bonds is 6. The lowest BCUT2D eigenvalue weighted by Crippen LogP contribution is -2.30. The van der Waals surface area contributed by atoms with Crippen molar-refractivity contribution in [1.29, 1.82) is 0 Å². The van der Waals surface area contributed by atoms with Crippen LogP contribution in [0, 0.1) is 10.1 Å². The first-order valence-electron chi connectivity index (χ1n) is 14.5. The highest BCUT2D eigenvalue weighted by Crippen LogP contribution is 2.48. The van der Waals surface area contributed by atoms with Gasteiger partial charge in [-0.25, -0.2) is 0 Å². The molecule has 232 valence electrons. The molecule has 2 amide bonds. The number of nitro benzene ring substituents is 1. The van der Waals surface area contributed by atoms with Gasteiger partial charge in [-0.2, -0.15) is 0 Å². The van der Waals surface area contributed by atoms with Gasteiger partial charge in [-0.15, -0.1) is 34.5 Å². The van der Waals surface area contributed by atoms with Gasteiger partial charge >= 0.3 is 5.97 Å². The number of non-ortho nitro benzene ring substituents is 1. The van der Waals surface area contributed by atoms with Gasteiger partial charge in [0.05, 0.1) is 31.4 Å². The summed E-state index contributed by atoms with van der Waals surface area (Å²) in [5.74, 6) is -0.685. The second kappa shape index (κ2) is 11.7. The maximum atomic E-state index is 14.0. The van der Waals surface area contributed by atoms with Crippen LogP contribution in [0.2, 0.25) is 0 Å². The zero-order valence-electron chi connectivity index (χ0n) is 24.4. The third-order valence-corrected chi connectivity index (χ3v) is 10.4. The number of esters is 1. The minimum Gasteiger partial charge on any atom is -0.426 e. The van der Waals surface area contributed by atoms with E-state index in [1.807, 2.05) is 36.4 Å². The molecule has 7 rings (SSSR count). The minimum atomic E-state index is -0.477. The molecule has 5 aromatic rings. The van der Waals surface area contributed by atoms with Crippen LogP contribution >= 0.6 is 34.5 Å². The number of carbonyl (C=O) groups is 3. The van der Waals surface area contributed by atoms with Gasteiger partial charge in [0.15, 0.2) is 0 Å². The molecule has 0 saturated heterocycles. The van der Waals surface area contributed by atoms with E-state index in [9.17, 15) is 24.5 Å². The molecular weight excluding hydrogens is 649 g/mol. The highest BCUT2D eigenvalue weighted by atomic mass is 35.5. The highest BCUT2D eigenvalue weighted by Gasteiger charge is 2.39. The third kappa shape index (κ3) is 4.79. The molecule has 0 saturated carbocycles. The predicted molar refractivity (Wildman–Crippen MR) is 180 cm³/mol. The largest absolute Gasteiger partial charge is 0.426 e. The number of thiophene rings is 1. The summed E-state index contributed by atoms with van der Waals surface area (Å²) in [5.41, 5.74) is 2.66. The molecule has 0 radical (unpaired) electrons. The molecular formula is C34H25Cl2N3O6S. The van der Waals surface area contributed by atoms with Gasteiger partial charge in [0.25, 0.3) is 17.5 Å². The van der Waals surface area contributed by atoms with E-state index >= 15 is 0 Å². The number of nitro groups is 1. The van der Waals surface area contributed by atoms with Crippen molar-refractivity contribution in [1.82, 2.24) is 0 Å². The predicted octanol–water partition coefficient (Wildman–Crippen LogP) is 7.85. The molecule has 2 atom stereocenters. The number of alkyl halides is 2. The molecule has 9 nitrogen and oxygen atoms in total. The molecule has 1 aromatic heterocycles. The first kappa shape index (κ1) is 30.2. The average Bonchev–Trinajstić information content (AvgIpc) is 3.79. The molecule has 0 N–H and O–H groups in total. The maximum Gasteiger partial charge on any atom is 0.308 e. The van der Waals surface area contributed by atoms with Gasteiger partial charge in [0.2, 0.25) is 0 Å². The Morgan fingerprint density at radius 2 is 1.28 bits per heavy atom.